The number of aromatic nitrogens is 2. The van der Waals surface area contributed by atoms with Gasteiger partial charge < -0.3 is 24.7 Å². The lowest BCUT2D eigenvalue weighted by Crippen LogP contribution is -2.23. The highest BCUT2D eigenvalue weighted by Gasteiger charge is 2.11. The minimum atomic E-state index is 0. The number of anilines is 2. The van der Waals surface area contributed by atoms with Crippen LogP contribution in [-0.2, 0) is 14.1 Å². The van der Waals surface area contributed by atoms with Crippen molar-refractivity contribution in [2.45, 2.75) is 26.7 Å². The summed E-state index contributed by atoms with van der Waals surface area (Å²) in [5.41, 5.74) is 6.62. The number of rotatable bonds is 11. The van der Waals surface area contributed by atoms with Crippen LogP contribution >= 0.6 is 22.7 Å². The highest BCUT2D eigenvalue weighted by Crippen LogP contribution is 2.28. The topological polar surface area (TPSA) is 63.7 Å². The Labute approximate surface area is 248 Å². The van der Waals surface area contributed by atoms with Crippen LogP contribution in [0.1, 0.15) is 24.0 Å². The Balaban J connectivity index is 0.00000280. The first-order chi connectivity index (χ1) is 18.3. The van der Waals surface area contributed by atoms with Crippen LogP contribution in [0, 0.1) is 28.7 Å². The van der Waals surface area contributed by atoms with E-state index in [2.05, 4.69) is 82.5 Å². The molecule has 0 atom stereocenters. The van der Waals surface area contributed by atoms with Crippen molar-refractivity contribution in [1.82, 2.24) is 0 Å². The molecule has 0 aliphatic carbocycles. The minimum Gasteiger partial charge on any atom is -0.374 e. The van der Waals surface area contributed by atoms with Crippen LogP contribution in [-0.4, -0.2) is 27.2 Å². The van der Waals surface area contributed by atoms with Crippen molar-refractivity contribution in [3.8, 4) is 0 Å². The van der Waals surface area contributed by atoms with Crippen LogP contribution in [0.4, 0.5) is 33.0 Å². The number of aryl methyl sites for hydroxylation is 4. The van der Waals surface area contributed by atoms with Crippen molar-refractivity contribution in [1.29, 1.82) is 0 Å². The summed E-state index contributed by atoms with van der Waals surface area (Å²) in [5, 5.41) is 23.3. The maximum absolute atomic E-state index is 4.41. The molecule has 10 heteroatoms. The Hall–Kier alpha value is -3.50. The number of hydrogen-bond donors (Lipinski definition) is 0. The Morgan fingerprint density at radius 1 is 0.650 bits per heavy atom. The Kier molecular flexibility index (Phi) is 12.5. The van der Waals surface area contributed by atoms with Crippen molar-refractivity contribution in [2.75, 3.05) is 37.0 Å². The standard InChI is InChI=1S/C28H36N8S2.2CH3/c1-21-19-23(29-31-27-35(5)15-17-37-27)9-11-25(21)33(3)13-7-8-14-34(4)26-12-10-24(20-22(26)2)30-32-28-36(6)16-18-38-28;;/h9-12,15-20H,7-8,13-14H2,1-6H3;2*1H3/q+2;2*-1. The van der Waals surface area contributed by atoms with E-state index in [1.807, 2.05) is 58.5 Å². The maximum atomic E-state index is 4.41. The molecule has 0 spiro atoms. The van der Waals surface area contributed by atoms with Gasteiger partial charge in [-0.15, -0.1) is 0 Å². The third-order valence-corrected chi connectivity index (χ3v) is 8.12. The van der Waals surface area contributed by atoms with E-state index in [1.54, 1.807) is 22.7 Å². The van der Waals surface area contributed by atoms with E-state index in [0.717, 1.165) is 47.6 Å². The van der Waals surface area contributed by atoms with E-state index in [4.69, 9.17) is 0 Å². The Morgan fingerprint density at radius 2 is 1.05 bits per heavy atom. The zero-order valence-corrected chi connectivity index (χ0v) is 26.6. The first kappa shape index (κ1) is 32.7. The number of nitrogens with zero attached hydrogens (tertiary/aromatic N) is 8. The molecule has 40 heavy (non-hydrogen) atoms. The fourth-order valence-corrected chi connectivity index (χ4v) is 5.61. The highest BCUT2D eigenvalue weighted by molar-refractivity contribution is 7.13. The molecule has 0 aliphatic heterocycles. The summed E-state index contributed by atoms with van der Waals surface area (Å²) in [6.07, 6.45) is 6.19. The molecule has 0 aliphatic rings. The van der Waals surface area contributed by atoms with Gasteiger partial charge in [0.1, 0.15) is 23.8 Å². The van der Waals surface area contributed by atoms with Gasteiger partial charge in [0.15, 0.2) is 0 Å². The second kappa shape index (κ2) is 15.3. The van der Waals surface area contributed by atoms with E-state index >= 15 is 0 Å². The van der Waals surface area contributed by atoms with Crippen molar-refractivity contribution in [3.05, 3.63) is 85.5 Å². The van der Waals surface area contributed by atoms with Crippen LogP contribution < -0.4 is 18.9 Å². The molecule has 0 amide bonds. The SMILES string of the molecule is Cc1cc(N=Nc2scc[n+]2C)ccc1N(C)CCCCN(C)c1ccc(N=Nc2scc[n+]2C)cc1C.[CH3-].[CH3-]. The summed E-state index contributed by atoms with van der Waals surface area (Å²) >= 11 is 3.16. The van der Waals surface area contributed by atoms with Crippen molar-refractivity contribution < 1.29 is 9.13 Å². The molecule has 0 radical (unpaired) electrons. The molecule has 8 nitrogen and oxygen atoms in total. The summed E-state index contributed by atoms with van der Waals surface area (Å²) in [6.45, 7) is 6.27. The molecule has 0 unspecified atom stereocenters. The quantitative estimate of drug-likeness (QED) is 0.0780. The number of thiazole rings is 2. The molecule has 2 aromatic heterocycles. The van der Waals surface area contributed by atoms with E-state index in [0.29, 0.717) is 0 Å². The maximum Gasteiger partial charge on any atom is 0.408 e. The average molecular weight is 579 g/mol. The average Bonchev–Trinajstić information content (AvgIpc) is 3.50. The first-order valence-corrected chi connectivity index (χ1v) is 14.4. The van der Waals surface area contributed by atoms with Crippen LogP contribution in [0.25, 0.3) is 0 Å². The van der Waals surface area contributed by atoms with Gasteiger partial charge in [-0.05, 0) is 107 Å². The second-order valence-electron chi connectivity index (χ2n) is 9.48. The molecular weight excluding hydrogens is 537 g/mol. The Bertz CT molecular complexity index is 1320. The summed E-state index contributed by atoms with van der Waals surface area (Å²) in [7, 11) is 8.27. The molecule has 0 N–H and O–H groups in total. The van der Waals surface area contributed by atoms with E-state index in [9.17, 15) is 0 Å². The fourth-order valence-electron chi connectivity index (χ4n) is 4.25. The molecule has 4 aromatic rings. The molecule has 0 bridgehead atoms. The monoisotopic (exact) mass is 578 g/mol. The van der Waals surface area contributed by atoms with Crippen molar-refractivity contribution in [3.63, 3.8) is 0 Å². The molecule has 0 saturated carbocycles. The van der Waals surface area contributed by atoms with Crippen LogP contribution in [0.3, 0.4) is 0 Å². The minimum absolute atomic E-state index is 0. The lowest BCUT2D eigenvalue weighted by Gasteiger charge is -2.24. The van der Waals surface area contributed by atoms with Crippen molar-refractivity contribution >= 4 is 55.7 Å². The summed E-state index contributed by atoms with van der Waals surface area (Å²) < 4.78 is 3.94. The van der Waals surface area contributed by atoms with Gasteiger partial charge in [-0.2, -0.15) is 0 Å². The number of hydrogen-bond acceptors (Lipinski definition) is 8. The largest absolute Gasteiger partial charge is 0.408 e. The normalized spacial score (nSPS) is 11.1. The molecule has 4 rings (SSSR count). The predicted molar refractivity (Wildman–Crippen MR) is 170 cm³/mol. The van der Waals surface area contributed by atoms with E-state index in [1.165, 1.54) is 22.5 Å². The van der Waals surface area contributed by atoms with Crippen LogP contribution in [0.15, 0.2) is 80.0 Å². The Morgan fingerprint density at radius 3 is 1.38 bits per heavy atom. The van der Waals surface area contributed by atoms with Crippen molar-refractivity contribution in [2.24, 2.45) is 34.6 Å². The summed E-state index contributed by atoms with van der Waals surface area (Å²) in [4.78, 5) is 4.66. The third kappa shape index (κ3) is 8.50. The van der Waals surface area contributed by atoms with Gasteiger partial charge in [-0.1, -0.05) is 0 Å². The van der Waals surface area contributed by atoms with Gasteiger partial charge in [0.05, 0.1) is 24.3 Å². The highest BCUT2D eigenvalue weighted by atomic mass is 32.1. The molecule has 0 saturated heterocycles. The number of azo groups is 2. The van der Waals surface area contributed by atoms with Gasteiger partial charge in [0, 0.05) is 49.3 Å². The van der Waals surface area contributed by atoms with Gasteiger partial charge in [0.25, 0.3) is 0 Å². The van der Waals surface area contributed by atoms with E-state index in [-0.39, 0.29) is 14.9 Å². The van der Waals surface area contributed by atoms with Crippen LogP contribution in [0.5, 0.6) is 0 Å². The fraction of sp³-hybridized carbons (Fsp3) is 0.333. The van der Waals surface area contributed by atoms with Gasteiger partial charge >= 0.3 is 10.3 Å². The van der Waals surface area contributed by atoms with Gasteiger partial charge in [0.2, 0.25) is 0 Å². The lowest BCUT2D eigenvalue weighted by molar-refractivity contribution is -0.654. The number of benzene rings is 2. The zero-order valence-electron chi connectivity index (χ0n) is 25.0. The molecule has 0 fully saturated rings. The third-order valence-electron chi connectivity index (χ3n) is 6.44. The smallest absolute Gasteiger partial charge is 0.374 e. The zero-order chi connectivity index (χ0) is 27.1. The first-order valence-electron chi connectivity index (χ1n) is 12.6. The van der Waals surface area contributed by atoms with Gasteiger partial charge in [-0.25, -0.2) is 9.13 Å². The molecular formula is C30H42N8S2. The van der Waals surface area contributed by atoms with E-state index < -0.39 is 0 Å². The lowest BCUT2D eigenvalue weighted by atomic mass is 10.1. The molecule has 214 valence electrons. The molecule has 2 aromatic carbocycles. The number of unbranched alkanes of at least 4 members (excludes halogenated alkanes) is 1. The van der Waals surface area contributed by atoms with Gasteiger partial charge in [-0.3, -0.25) is 0 Å². The van der Waals surface area contributed by atoms with Crippen LogP contribution in [0.2, 0.25) is 0 Å². The summed E-state index contributed by atoms with van der Waals surface area (Å²) in [6, 6.07) is 12.6. The predicted octanol–water partition coefficient (Wildman–Crippen LogP) is 8.16. The summed E-state index contributed by atoms with van der Waals surface area (Å²) in [5.74, 6) is 0. The molecule has 2 heterocycles. The second-order valence-corrected chi connectivity index (χ2v) is 11.2.